The van der Waals surface area contributed by atoms with Crippen molar-refractivity contribution in [3.8, 4) is 5.75 Å². The van der Waals surface area contributed by atoms with E-state index in [0.717, 1.165) is 27.8 Å². The van der Waals surface area contributed by atoms with Gasteiger partial charge < -0.3 is 14.8 Å². The van der Waals surface area contributed by atoms with Crippen molar-refractivity contribution in [1.82, 2.24) is 4.98 Å². The molecule has 1 aromatic heterocycles. The molecule has 0 radical (unpaired) electrons. The first kappa shape index (κ1) is 12.5. The topological polar surface area (TPSA) is 62.3 Å². The largest absolute Gasteiger partial charge is 0.495 e. The molecule has 2 aromatic rings. The summed E-state index contributed by atoms with van der Waals surface area (Å²) in [5.74, 6) is -0.117. The smallest absolute Gasteiger partial charge is 0.313 e. The third-order valence-corrected chi connectivity index (χ3v) is 3.43. The predicted octanol–water partition coefficient (Wildman–Crippen LogP) is 2.85. The number of aromatic nitrogens is 1. The molecule has 0 spiro atoms. The molecule has 0 aliphatic heterocycles. The Labute approximate surface area is 106 Å². The van der Waals surface area contributed by atoms with Gasteiger partial charge in [-0.05, 0) is 38.0 Å². The highest BCUT2D eigenvalue weighted by atomic mass is 16.5. The molecule has 0 bridgehead atoms. The van der Waals surface area contributed by atoms with Crippen LogP contribution in [0.1, 0.15) is 25.0 Å². The number of ether oxygens (including phenoxy) is 1. The minimum absolute atomic E-state index is 0.725. The van der Waals surface area contributed by atoms with E-state index in [9.17, 15) is 9.90 Å². The maximum absolute atomic E-state index is 11.4. The summed E-state index contributed by atoms with van der Waals surface area (Å²) in [7, 11) is 1.60. The molecule has 0 atom stereocenters. The second-order valence-electron chi connectivity index (χ2n) is 4.97. The Bertz CT molecular complexity index is 611. The van der Waals surface area contributed by atoms with Crippen LogP contribution in [0.15, 0.2) is 18.3 Å². The lowest BCUT2D eigenvalue weighted by Crippen LogP contribution is -2.28. The number of aromatic amines is 1. The summed E-state index contributed by atoms with van der Waals surface area (Å²) in [5, 5.41) is 10.3. The van der Waals surface area contributed by atoms with Gasteiger partial charge in [0.25, 0.3) is 0 Å². The number of H-pyrrole nitrogens is 1. The minimum Gasteiger partial charge on any atom is -0.495 e. The fourth-order valence-corrected chi connectivity index (χ4v) is 2.17. The summed E-state index contributed by atoms with van der Waals surface area (Å²) in [5.41, 5.74) is 1.73. The zero-order valence-electron chi connectivity index (χ0n) is 11.0. The first-order valence-corrected chi connectivity index (χ1v) is 5.78. The van der Waals surface area contributed by atoms with E-state index in [0.29, 0.717) is 0 Å². The van der Waals surface area contributed by atoms with Crippen molar-refractivity contribution in [2.45, 2.75) is 26.2 Å². The molecule has 18 heavy (non-hydrogen) atoms. The standard InChI is InChI=1S/C14H17NO3/c1-8-5-6-10(18-4)12-11(8)9(7-15-12)14(2,3)13(16)17/h5-7,15H,1-4H3,(H,16,17). The number of benzene rings is 1. The number of rotatable bonds is 3. The second kappa shape index (κ2) is 4.05. The van der Waals surface area contributed by atoms with Gasteiger partial charge in [-0.15, -0.1) is 0 Å². The Kier molecular flexibility index (Phi) is 2.81. The van der Waals surface area contributed by atoms with Crippen LogP contribution >= 0.6 is 0 Å². The zero-order valence-corrected chi connectivity index (χ0v) is 11.0. The number of aliphatic carboxylic acids is 1. The van der Waals surface area contributed by atoms with Gasteiger partial charge in [0.05, 0.1) is 18.0 Å². The maximum Gasteiger partial charge on any atom is 0.313 e. The monoisotopic (exact) mass is 247 g/mol. The van der Waals surface area contributed by atoms with Gasteiger partial charge in [-0.2, -0.15) is 0 Å². The number of fused-ring (bicyclic) bond motifs is 1. The first-order valence-electron chi connectivity index (χ1n) is 5.78. The number of aryl methyl sites for hydroxylation is 1. The van der Waals surface area contributed by atoms with Crippen LogP contribution in [-0.4, -0.2) is 23.2 Å². The third-order valence-electron chi connectivity index (χ3n) is 3.43. The zero-order chi connectivity index (χ0) is 13.5. The van der Waals surface area contributed by atoms with Crippen LogP contribution in [0.2, 0.25) is 0 Å². The van der Waals surface area contributed by atoms with E-state index in [1.165, 1.54) is 0 Å². The van der Waals surface area contributed by atoms with Crippen LogP contribution in [0.5, 0.6) is 5.75 Å². The summed E-state index contributed by atoms with van der Waals surface area (Å²) in [6, 6.07) is 3.82. The molecule has 0 saturated carbocycles. The molecule has 2 N–H and O–H groups in total. The Morgan fingerprint density at radius 1 is 1.39 bits per heavy atom. The van der Waals surface area contributed by atoms with Crippen LogP contribution in [0.25, 0.3) is 10.9 Å². The van der Waals surface area contributed by atoms with Crippen molar-refractivity contribution < 1.29 is 14.6 Å². The molecule has 0 aliphatic carbocycles. The number of hydrogen-bond donors (Lipinski definition) is 2. The highest BCUT2D eigenvalue weighted by molar-refractivity contribution is 5.96. The van der Waals surface area contributed by atoms with E-state index >= 15 is 0 Å². The van der Waals surface area contributed by atoms with Crippen molar-refractivity contribution >= 4 is 16.9 Å². The molecule has 0 amide bonds. The Morgan fingerprint density at radius 2 is 2.06 bits per heavy atom. The summed E-state index contributed by atoms with van der Waals surface area (Å²) in [6.45, 7) is 5.38. The average molecular weight is 247 g/mol. The van der Waals surface area contributed by atoms with E-state index in [1.54, 1.807) is 27.2 Å². The van der Waals surface area contributed by atoms with E-state index in [-0.39, 0.29) is 0 Å². The molecule has 0 saturated heterocycles. The number of carboxylic acid groups (broad SMARTS) is 1. The van der Waals surface area contributed by atoms with E-state index in [2.05, 4.69) is 4.98 Å². The van der Waals surface area contributed by atoms with Gasteiger partial charge >= 0.3 is 5.97 Å². The number of hydrogen-bond acceptors (Lipinski definition) is 2. The lowest BCUT2D eigenvalue weighted by Gasteiger charge is -2.19. The van der Waals surface area contributed by atoms with Gasteiger partial charge in [0.2, 0.25) is 0 Å². The SMILES string of the molecule is COc1ccc(C)c2c(C(C)(C)C(=O)O)c[nH]c12. The van der Waals surface area contributed by atoms with Gasteiger partial charge in [0.1, 0.15) is 5.75 Å². The van der Waals surface area contributed by atoms with Gasteiger partial charge in [-0.3, -0.25) is 4.79 Å². The van der Waals surface area contributed by atoms with Gasteiger partial charge in [0.15, 0.2) is 0 Å². The second-order valence-corrected chi connectivity index (χ2v) is 4.97. The van der Waals surface area contributed by atoms with Crippen LogP contribution < -0.4 is 4.74 Å². The lowest BCUT2D eigenvalue weighted by molar-refractivity contribution is -0.142. The number of methoxy groups -OCH3 is 1. The fourth-order valence-electron chi connectivity index (χ4n) is 2.17. The lowest BCUT2D eigenvalue weighted by atomic mass is 9.83. The van der Waals surface area contributed by atoms with Crippen molar-refractivity contribution in [3.63, 3.8) is 0 Å². The van der Waals surface area contributed by atoms with E-state index in [1.807, 2.05) is 19.1 Å². The average Bonchev–Trinajstić information content (AvgIpc) is 2.75. The van der Waals surface area contributed by atoms with Gasteiger partial charge in [-0.1, -0.05) is 6.07 Å². The predicted molar refractivity (Wildman–Crippen MR) is 70.2 cm³/mol. The Morgan fingerprint density at radius 3 is 2.61 bits per heavy atom. The van der Waals surface area contributed by atoms with E-state index in [4.69, 9.17) is 4.74 Å². The summed E-state index contributed by atoms with van der Waals surface area (Å²) >= 11 is 0. The van der Waals surface area contributed by atoms with Crippen LogP contribution in [0.4, 0.5) is 0 Å². The molecule has 0 fully saturated rings. The van der Waals surface area contributed by atoms with Crippen molar-refractivity contribution in [2.75, 3.05) is 7.11 Å². The normalized spacial score (nSPS) is 11.8. The van der Waals surface area contributed by atoms with Crippen LogP contribution in [0.3, 0.4) is 0 Å². The molecule has 0 unspecified atom stereocenters. The summed E-state index contributed by atoms with van der Waals surface area (Å²) < 4.78 is 5.29. The van der Waals surface area contributed by atoms with Gasteiger partial charge in [0, 0.05) is 11.6 Å². The summed E-state index contributed by atoms with van der Waals surface area (Å²) in [6.07, 6.45) is 1.76. The fraction of sp³-hybridized carbons (Fsp3) is 0.357. The molecule has 2 rings (SSSR count). The Balaban J connectivity index is 2.79. The minimum atomic E-state index is -0.935. The number of nitrogens with one attached hydrogen (secondary N) is 1. The molecule has 0 aliphatic rings. The van der Waals surface area contributed by atoms with E-state index < -0.39 is 11.4 Å². The molecule has 1 aromatic carbocycles. The highest BCUT2D eigenvalue weighted by Gasteiger charge is 2.32. The number of carboxylic acids is 1. The Hall–Kier alpha value is -1.97. The first-order chi connectivity index (χ1) is 8.39. The van der Waals surface area contributed by atoms with Crippen LogP contribution in [-0.2, 0) is 10.2 Å². The molecular formula is C14H17NO3. The van der Waals surface area contributed by atoms with Crippen molar-refractivity contribution in [1.29, 1.82) is 0 Å². The highest BCUT2D eigenvalue weighted by Crippen LogP contribution is 2.36. The molecule has 4 heteroatoms. The molecule has 4 nitrogen and oxygen atoms in total. The quantitative estimate of drug-likeness (QED) is 0.876. The number of carbonyl (C=O) groups is 1. The molecule has 96 valence electrons. The summed E-state index contributed by atoms with van der Waals surface area (Å²) in [4.78, 5) is 14.5. The van der Waals surface area contributed by atoms with Crippen LogP contribution in [0, 0.1) is 6.92 Å². The molecular weight excluding hydrogens is 230 g/mol. The molecule has 1 heterocycles. The third kappa shape index (κ3) is 1.65. The van der Waals surface area contributed by atoms with Crippen molar-refractivity contribution in [3.05, 3.63) is 29.5 Å². The van der Waals surface area contributed by atoms with Gasteiger partial charge in [-0.25, -0.2) is 0 Å². The van der Waals surface area contributed by atoms with Crippen molar-refractivity contribution in [2.24, 2.45) is 0 Å². The maximum atomic E-state index is 11.4.